The third-order valence-corrected chi connectivity index (χ3v) is 5.54. The lowest BCUT2D eigenvalue weighted by molar-refractivity contribution is 0.570. The second-order valence-corrected chi connectivity index (χ2v) is 6.50. The number of nitrogens with one attached hydrogen (secondary N) is 1. The molecular weight excluding hydrogens is 286 g/mol. The van der Waals surface area contributed by atoms with Gasteiger partial charge in [0.05, 0.1) is 4.70 Å². The number of rotatable bonds is 4. The fourth-order valence-corrected chi connectivity index (χ4v) is 4.14. The predicted molar refractivity (Wildman–Crippen MR) is 81.3 cm³/mol. The summed E-state index contributed by atoms with van der Waals surface area (Å²) in [5, 5.41) is 4.39. The van der Waals surface area contributed by atoms with Crippen molar-refractivity contribution in [3.8, 4) is 0 Å². The molecule has 0 saturated carbocycles. The summed E-state index contributed by atoms with van der Waals surface area (Å²) >= 11 is 4.17. The van der Waals surface area contributed by atoms with Crippen molar-refractivity contribution in [2.24, 2.45) is 0 Å². The molecule has 1 aromatic carbocycles. The lowest BCUT2D eigenvalue weighted by atomic mass is 10.1. The molecule has 0 aliphatic rings. The van der Waals surface area contributed by atoms with Crippen molar-refractivity contribution in [1.82, 2.24) is 5.32 Å². The highest BCUT2D eigenvalue weighted by atomic mass is 32.9. The van der Waals surface area contributed by atoms with Gasteiger partial charge in [0.15, 0.2) is 0 Å². The minimum atomic E-state index is -0.221. The van der Waals surface area contributed by atoms with E-state index in [2.05, 4.69) is 24.0 Å². The summed E-state index contributed by atoms with van der Waals surface area (Å²) in [5.74, 6) is 0.808. The molecule has 0 radical (unpaired) electrons. The average Bonchev–Trinajstić information content (AvgIpc) is 2.30. The Kier molecular flexibility index (Phi) is 3.43. The predicted octanol–water partition coefficient (Wildman–Crippen LogP) is 3.09. The highest BCUT2D eigenvalue weighted by Crippen LogP contribution is 2.36. The van der Waals surface area contributed by atoms with Crippen LogP contribution in [-0.2, 0) is 6.54 Å². The first-order chi connectivity index (χ1) is 8.81. The zero-order valence-corrected chi connectivity index (χ0v) is 12.0. The monoisotopic (exact) mass is 297 g/mol. The van der Waals surface area contributed by atoms with Crippen LogP contribution in [-0.4, -0.2) is 12.3 Å². The summed E-state index contributed by atoms with van der Waals surface area (Å²) in [4.78, 5) is 11.7. The van der Waals surface area contributed by atoms with Crippen molar-refractivity contribution in [1.29, 1.82) is 0 Å². The zero-order valence-electron chi connectivity index (χ0n) is 9.43. The van der Waals surface area contributed by atoms with Gasteiger partial charge in [0.1, 0.15) is 10.3 Å². The van der Waals surface area contributed by atoms with E-state index in [0.29, 0.717) is 5.58 Å². The molecule has 0 fully saturated rings. The van der Waals surface area contributed by atoms with Crippen molar-refractivity contribution in [3.63, 3.8) is 0 Å². The molecule has 1 N–H and O–H groups in total. The van der Waals surface area contributed by atoms with Gasteiger partial charge < -0.3 is 9.73 Å². The quantitative estimate of drug-likeness (QED) is 0.336. The third kappa shape index (κ3) is 1.99. The van der Waals surface area contributed by atoms with E-state index in [1.165, 1.54) is 15.9 Å². The van der Waals surface area contributed by atoms with Crippen LogP contribution in [0.1, 0.15) is 5.56 Å². The molecule has 0 unspecified atom stereocenters. The first-order valence-corrected chi connectivity index (χ1v) is 8.34. The lowest BCUT2D eigenvalue weighted by Crippen LogP contribution is -2.16. The summed E-state index contributed by atoms with van der Waals surface area (Å²) in [7, 11) is 3.13. The summed E-state index contributed by atoms with van der Waals surface area (Å²) in [6.07, 6.45) is 0. The number of hydrogen-bond acceptors (Lipinski definition) is 6. The molecule has 2 heterocycles. The summed E-state index contributed by atoms with van der Waals surface area (Å²) in [6, 6.07) is 5.84. The van der Waals surface area contributed by atoms with Crippen LogP contribution in [0.3, 0.4) is 0 Å². The normalized spacial score (nSPS) is 11.6. The molecule has 6 heteroatoms. The molecule has 18 heavy (non-hydrogen) atoms. The molecule has 0 saturated heterocycles. The molecule has 3 aromatic rings. The van der Waals surface area contributed by atoms with E-state index in [9.17, 15) is 4.79 Å². The zero-order chi connectivity index (χ0) is 12.5. The van der Waals surface area contributed by atoms with E-state index in [-0.39, 0.29) is 5.63 Å². The van der Waals surface area contributed by atoms with Gasteiger partial charge in [0.25, 0.3) is 0 Å². The van der Waals surface area contributed by atoms with Crippen LogP contribution in [0.25, 0.3) is 20.4 Å². The summed E-state index contributed by atoms with van der Waals surface area (Å²) in [6.45, 7) is 1.63. The molecule has 94 valence electrons. The minimum Gasteiger partial charge on any atom is -0.422 e. The highest BCUT2D eigenvalue weighted by molar-refractivity contribution is 7.80. The molecule has 0 atom stereocenters. The number of fused-ring (bicyclic) bond motifs is 3. The van der Waals surface area contributed by atoms with Crippen molar-refractivity contribution >= 4 is 53.7 Å². The molecule has 0 bridgehead atoms. The van der Waals surface area contributed by atoms with Crippen LogP contribution in [0.2, 0.25) is 0 Å². The molecule has 0 amide bonds. The van der Waals surface area contributed by atoms with Gasteiger partial charge in [-0.1, -0.05) is 32.8 Å². The largest absolute Gasteiger partial charge is 0.422 e. The highest BCUT2D eigenvalue weighted by Gasteiger charge is 2.14. The SMILES string of the molecule is O=c1oc2cccc(CNCCS)c2c2ssc12. The maximum atomic E-state index is 11.7. The number of benzene rings is 1. The van der Waals surface area contributed by atoms with Crippen LogP contribution < -0.4 is 10.9 Å². The van der Waals surface area contributed by atoms with Crippen LogP contribution in [0.4, 0.5) is 0 Å². The fourth-order valence-electron chi connectivity index (χ4n) is 1.92. The Morgan fingerprint density at radius 3 is 2.83 bits per heavy atom. The maximum Gasteiger partial charge on any atom is 0.356 e. The Morgan fingerprint density at radius 1 is 1.28 bits per heavy atom. The van der Waals surface area contributed by atoms with Crippen LogP contribution >= 0.6 is 33.3 Å². The second kappa shape index (κ2) is 5.05. The molecule has 3 nitrogen and oxygen atoms in total. The molecule has 0 aliphatic carbocycles. The summed E-state index contributed by atoms with van der Waals surface area (Å²) in [5.41, 5.74) is 1.63. The van der Waals surface area contributed by atoms with Gasteiger partial charge in [-0.05, 0) is 11.6 Å². The van der Waals surface area contributed by atoms with Crippen molar-refractivity contribution < 1.29 is 4.42 Å². The smallest absolute Gasteiger partial charge is 0.356 e. The van der Waals surface area contributed by atoms with Crippen LogP contribution in [0.15, 0.2) is 27.4 Å². The lowest BCUT2D eigenvalue weighted by Gasteiger charge is -2.09. The van der Waals surface area contributed by atoms with E-state index >= 15 is 0 Å². The number of thiol groups is 1. The van der Waals surface area contributed by atoms with Crippen LogP contribution in [0.5, 0.6) is 0 Å². The fraction of sp³-hybridized carbons (Fsp3) is 0.250. The van der Waals surface area contributed by atoms with Gasteiger partial charge >= 0.3 is 5.63 Å². The first-order valence-electron chi connectivity index (χ1n) is 5.56. The Labute approximate surface area is 116 Å². The Bertz CT molecular complexity index is 735. The molecule has 3 rings (SSSR count). The molecule has 2 aromatic heterocycles. The average molecular weight is 297 g/mol. The molecule has 0 aliphatic heterocycles. The van der Waals surface area contributed by atoms with Gasteiger partial charge in [-0.2, -0.15) is 12.6 Å². The van der Waals surface area contributed by atoms with Crippen molar-refractivity contribution in [2.45, 2.75) is 6.54 Å². The van der Waals surface area contributed by atoms with Crippen molar-refractivity contribution in [2.75, 3.05) is 12.3 Å². The van der Waals surface area contributed by atoms with E-state index in [0.717, 1.165) is 33.6 Å². The molecular formula is C12H11NO2S3. The van der Waals surface area contributed by atoms with E-state index in [1.54, 1.807) is 10.3 Å². The van der Waals surface area contributed by atoms with Gasteiger partial charge in [-0.15, -0.1) is 0 Å². The van der Waals surface area contributed by atoms with Gasteiger partial charge in [0, 0.05) is 24.2 Å². The Balaban J connectivity index is 2.14. The maximum absolute atomic E-state index is 11.7. The van der Waals surface area contributed by atoms with E-state index in [1.807, 2.05) is 12.1 Å². The first kappa shape index (κ1) is 12.2. The van der Waals surface area contributed by atoms with Gasteiger partial charge in [0.2, 0.25) is 0 Å². The molecule has 0 spiro atoms. The number of hydrogen-bond donors (Lipinski definition) is 2. The topological polar surface area (TPSA) is 42.2 Å². The van der Waals surface area contributed by atoms with Crippen molar-refractivity contribution in [3.05, 3.63) is 34.2 Å². The Morgan fingerprint density at radius 2 is 2.11 bits per heavy atom. The standard InChI is InChI=1S/C12H11NO2S3/c14-12-11-10(17-18-11)9-7(6-13-4-5-16)2-1-3-8(9)15-12/h1-3,13,16H,4-6H2. The second-order valence-electron chi connectivity index (χ2n) is 3.91. The van der Waals surface area contributed by atoms with Gasteiger partial charge in [-0.3, -0.25) is 0 Å². The third-order valence-electron chi connectivity index (χ3n) is 2.75. The summed E-state index contributed by atoms with van der Waals surface area (Å²) < 4.78 is 7.15. The van der Waals surface area contributed by atoms with Crippen LogP contribution in [0, 0.1) is 0 Å². The minimum absolute atomic E-state index is 0.221. The Hall–Kier alpha value is -0.820. The van der Waals surface area contributed by atoms with Gasteiger partial charge in [-0.25, -0.2) is 4.79 Å². The van der Waals surface area contributed by atoms with E-state index in [4.69, 9.17) is 4.42 Å². The van der Waals surface area contributed by atoms with E-state index < -0.39 is 0 Å².